The van der Waals surface area contributed by atoms with Gasteiger partial charge in [0, 0.05) is 19.8 Å². The first kappa shape index (κ1) is 12.3. The van der Waals surface area contributed by atoms with Crippen LogP contribution < -0.4 is 10.6 Å². The van der Waals surface area contributed by atoms with Gasteiger partial charge < -0.3 is 10.6 Å². The number of pyridine rings is 1. The van der Waals surface area contributed by atoms with Gasteiger partial charge in [-0.15, -0.1) is 0 Å². The molecule has 4 heteroatoms. The molecule has 0 atom stereocenters. The summed E-state index contributed by atoms with van der Waals surface area (Å²) >= 11 is 3.47. The topological polar surface area (TPSA) is 42.1 Å². The summed E-state index contributed by atoms with van der Waals surface area (Å²) in [5, 5.41) is 0. The number of nitrogens with two attached hydrogens (primary N) is 1. The molecule has 15 heavy (non-hydrogen) atoms. The summed E-state index contributed by atoms with van der Waals surface area (Å²) in [5.74, 6) is 0. The van der Waals surface area contributed by atoms with Crippen LogP contribution in [0.4, 0.5) is 11.4 Å². The second-order valence-electron chi connectivity index (χ2n) is 4.98. The van der Waals surface area contributed by atoms with E-state index in [9.17, 15) is 0 Å². The molecular weight excluding hydrogens is 254 g/mol. The molecule has 0 aliphatic carbocycles. The molecule has 0 saturated carbocycles. The summed E-state index contributed by atoms with van der Waals surface area (Å²) in [6.07, 6.45) is 3.45. The van der Waals surface area contributed by atoms with E-state index in [-0.39, 0.29) is 5.41 Å². The maximum Gasteiger partial charge on any atom is 0.0773 e. The Bertz CT molecular complexity index is 324. The van der Waals surface area contributed by atoms with E-state index in [4.69, 9.17) is 5.73 Å². The third kappa shape index (κ3) is 3.38. The highest BCUT2D eigenvalue weighted by molar-refractivity contribution is 9.10. The van der Waals surface area contributed by atoms with Crippen LogP contribution in [0.3, 0.4) is 0 Å². The fourth-order valence-corrected chi connectivity index (χ4v) is 2.29. The van der Waals surface area contributed by atoms with Gasteiger partial charge in [-0.2, -0.15) is 0 Å². The van der Waals surface area contributed by atoms with E-state index in [1.54, 1.807) is 12.4 Å². The van der Waals surface area contributed by atoms with Crippen LogP contribution in [0.5, 0.6) is 0 Å². The van der Waals surface area contributed by atoms with Gasteiger partial charge in [-0.05, 0) is 21.3 Å². The van der Waals surface area contributed by atoms with E-state index >= 15 is 0 Å². The highest BCUT2D eigenvalue weighted by atomic mass is 79.9. The largest absolute Gasteiger partial charge is 0.396 e. The molecule has 3 nitrogen and oxygen atoms in total. The summed E-state index contributed by atoms with van der Waals surface area (Å²) in [6, 6.07) is 0. The first-order valence-corrected chi connectivity index (χ1v) is 5.71. The number of hydrogen-bond donors (Lipinski definition) is 1. The molecule has 0 unspecified atom stereocenters. The van der Waals surface area contributed by atoms with E-state index < -0.39 is 0 Å². The van der Waals surface area contributed by atoms with Crippen molar-refractivity contribution in [1.82, 2.24) is 4.98 Å². The Kier molecular flexibility index (Phi) is 3.60. The lowest BCUT2D eigenvalue weighted by Gasteiger charge is -2.29. The molecule has 1 aromatic heterocycles. The number of rotatable bonds is 2. The number of nitrogens with zero attached hydrogens (tertiary/aromatic N) is 2. The Morgan fingerprint density at radius 3 is 2.47 bits per heavy atom. The van der Waals surface area contributed by atoms with Gasteiger partial charge in [0.15, 0.2) is 0 Å². The van der Waals surface area contributed by atoms with Crippen molar-refractivity contribution in [2.45, 2.75) is 20.8 Å². The van der Waals surface area contributed by atoms with E-state index in [1.807, 2.05) is 7.05 Å². The maximum absolute atomic E-state index is 5.91. The van der Waals surface area contributed by atoms with Crippen LogP contribution in [0, 0.1) is 5.41 Å². The summed E-state index contributed by atoms with van der Waals surface area (Å²) in [5.41, 5.74) is 7.87. The Balaban J connectivity index is 2.96. The van der Waals surface area contributed by atoms with Crippen LogP contribution in [-0.2, 0) is 0 Å². The molecule has 0 aromatic carbocycles. The Hall–Kier alpha value is -0.770. The van der Waals surface area contributed by atoms with Gasteiger partial charge in [0.05, 0.1) is 22.0 Å². The number of halogens is 1. The van der Waals surface area contributed by atoms with Crippen molar-refractivity contribution in [2.75, 3.05) is 24.2 Å². The van der Waals surface area contributed by atoms with E-state index in [0.29, 0.717) is 5.69 Å². The zero-order chi connectivity index (χ0) is 11.6. The molecule has 2 N–H and O–H groups in total. The molecule has 0 aliphatic heterocycles. The second-order valence-corrected chi connectivity index (χ2v) is 5.83. The predicted octanol–water partition coefficient (Wildman–Crippen LogP) is 2.91. The highest BCUT2D eigenvalue weighted by Gasteiger charge is 2.17. The minimum atomic E-state index is 0.240. The third-order valence-corrected chi connectivity index (χ3v) is 2.57. The van der Waals surface area contributed by atoms with Crippen molar-refractivity contribution < 1.29 is 0 Å². The fourth-order valence-electron chi connectivity index (χ4n) is 1.64. The number of hydrogen-bond acceptors (Lipinski definition) is 3. The molecule has 1 rings (SSSR count). The smallest absolute Gasteiger partial charge is 0.0773 e. The standard InChI is InChI=1S/C11H18BrN3/c1-11(2,3)7-15(4)10-8(12)5-14-6-9(10)13/h5-6H,7,13H2,1-4H3. The summed E-state index contributed by atoms with van der Waals surface area (Å²) in [6.45, 7) is 7.55. The molecular formula is C11H18BrN3. The first-order chi connectivity index (χ1) is 6.81. The van der Waals surface area contributed by atoms with Gasteiger partial charge in [0.25, 0.3) is 0 Å². The van der Waals surface area contributed by atoms with Crippen LogP contribution in [0.15, 0.2) is 16.9 Å². The minimum absolute atomic E-state index is 0.240. The lowest BCUT2D eigenvalue weighted by Crippen LogP contribution is -2.29. The molecule has 0 saturated heterocycles. The molecule has 0 amide bonds. The average Bonchev–Trinajstić information content (AvgIpc) is 1.99. The van der Waals surface area contributed by atoms with Crippen LogP contribution in [0.1, 0.15) is 20.8 Å². The van der Waals surface area contributed by atoms with Crippen molar-refractivity contribution in [3.63, 3.8) is 0 Å². The normalized spacial score (nSPS) is 11.5. The Labute approximate surface area is 99.8 Å². The van der Waals surface area contributed by atoms with Crippen molar-refractivity contribution in [3.8, 4) is 0 Å². The molecule has 0 bridgehead atoms. The van der Waals surface area contributed by atoms with Gasteiger partial charge in [0.1, 0.15) is 0 Å². The highest BCUT2D eigenvalue weighted by Crippen LogP contribution is 2.32. The monoisotopic (exact) mass is 271 g/mol. The molecule has 1 heterocycles. The fraction of sp³-hybridized carbons (Fsp3) is 0.545. The molecule has 0 spiro atoms. The van der Waals surface area contributed by atoms with Crippen LogP contribution in [-0.4, -0.2) is 18.6 Å². The number of aromatic nitrogens is 1. The molecule has 84 valence electrons. The lowest BCUT2D eigenvalue weighted by atomic mass is 9.96. The van der Waals surface area contributed by atoms with E-state index in [0.717, 1.165) is 16.7 Å². The molecule has 0 fully saturated rings. The van der Waals surface area contributed by atoms with Crippen LogP contribution >= 0.6 is 15.9 Å². The quantitative estimate of drug-likeness (QED) is 0.900. The summed E-state index contributed by atoms with van der Waals surface area (Å²) in [7, 11) is 2.04. The van der Waals surface area contributed by atoms with Crippen LogP contribution in [0.25, 0.3) is 0 Å². The van der Waals surface area contributed by atoms with E-state index in [2.05, 4.69) is 46.6 Å². The third-order valence-electron chi connectivity index (χ3n) is 1.99. The van der Waals surface area contributed by atoms with Crippen molar-refractivity contribution in [2.24, 2.45) is 5.41 Å². The number of nitrogen functional groups attached to an aromatic ring is 1. The Morgan fingerprint density at radius 2 is 2.00 bits per heavy atom. The first-order valence-electron chi connectivity index (χ1n) is 4.91. The van der Waals surface area contributed by atoms with Crippen molar-refractivity contribution in [1.29, 1.82) is 0 Å². The zero-order valence-electron chi connectivity index (χ0n) is 9.71. The van der Waals surface area contributed by atoms with Gasteiger partial charge in [-0.1, -0.05) is 20.8 Å². The Morgan fingerprint density at radius 1 is 1.40 bits per heavy atom. The summed E-state index contributed by atoms with van der Waals surface area (Å²) < 4.78 is 0.939. The molecule has 1 aromatic rings. The number of anilines is 2. The van der Waals surface area contributed by atoms with Crippen molar-refractivity contribution in [3.05, 3.63) is 16.9 Å². The molecule has 0 aliphatic rings. The SMILES string of the molecule is CN(CC(C)(C)C)c1c(N)cncc1Br. The molecule has 0 radical (unpaired) electrons. The summed E-state index contributed by atoms with van der Waals surface area (Å²) in [4.78, 5) is 6.18. The van der Waals surface area contributed by atoms with Gasteiger partial charge in [-0.3, -0.25) is 4.98 Å². The van der Waals surface area contributed by atoms with Crippen molar-refractivity contribution >= 4 is 27.3 Å². The second kappa shape index (κ2) is 4.39. The minimum Gasteiger partial charge on any atom is -0.396 e. The zero-order valence-corrected chi connectivity index (χ0v) is 11.3. The van der Waals surface area contributed by atoms with Gasteiger partial charge >= 0.3 is 0 Å². The van der Waals surface area contributed by atoms with Crippen LogP contribution in [0.2, 0.25) is 0 Å². The average molecular weight is 272 g/mol. The predicted molar refractivity (Wildman–Crippen MR) is 69.1 cm³/mol. The van der Waals surface area contributed by atoms with Gasteiger partial charge in [0.2, 0.25) is 0 Å². The van der Waals surface area contributed by atoms with Gasteiger partial charge in [-0.25, -0.2) is 0 Å². The maximum atomic E-state index is 5.91. The lowest BCUT2D eigenvalue weighted by molar-refractivity contribution is 0.419. The van der Waals surface area contributed by atoms with E-state index in [1.165, 1.54) is 0 Å².